The predicted molar refractivity (Wildman–Crippen MR) is 76.5 cm³/mol. The monoisotopic (exact) mass is 288 g/mol. The van der Waals surface area contributed by atoms with Gasteiger partial charge in [-0.3, -0.25) is 9.69 Å². The third kappa shape index (κ3) is 2.93. The molecule has 5 heteroatoms. The van der Waals surface area contributed by atoms with Crippen LogP contribution >= 0.6 is 0 Å². The molecule has 1 amide bonds. The second-order valence-electron chi connectivity index (χ2n) is 5.85. The normalized spacial score (nSPS) is 17.8. The number of hydrogen-bond donors (Lipinski definition) is 0. The van der Waals surface area contributed by atoms with E-state index in [2.05, 4.69) is 10.2 Å². The summed E-state index contributed by atoms with van der Waals surface area (Å²) in [5.41, 5.74) is 1.31. The molecule has 0 N–H and O–H groups in total. The minimum Gasteiger partial charge on any atom is -0.444 e. The molecule has 1 aromatic rings. The fraction of sp³-hybridized carbons (Fsp3) is 0.467. The molecule has 0 aliphatic carbocycles. The van der Waals surface area contributed by atoms with Crippen LogP contribution in [-0.2, 0) is 16.1 Å². The molecule has 105 valence electrons. The molecule has 0 saturated carbocycles. The molecule has 0 bridgehead atoms. The Morgan fingerprint density at radius 2 is 2.00 bits per heavy atom. The number of ketones is 1. The molecule has 1 heterocycles. The van der Waals surface area contributed by atoms with Gasteiger partial charge in [0, 0.05) is 10.2 Å². The molecular formula is C15H18NO3Si. The minimum atomic E-state index is -0.576. The molecule has 1 aromatic carbocycles. The number of nitrogens with zero attached hydrogens (tertiary/aromatic N) is 1. The van der Waals surface area contributed by atoms with Gasteiger partial charge in [0.15, 0.2) is 5.78 Å². The first kappa shape index (κ1) is 14.8. The topological polar surface area (TPSA) is 46.6 Å². The van der Waals surface area contributed by atoms with E-state index in [0.717, 1.165) is 11.1 Å². The highest BCUT2D eigenvalue weighted by molar-refractivity contribution is 6.21. The lowest BCUT2D eigenvalue weighted by molar-refractivity contribution is -0.122. The molecule has 20 heavy (non-hydrogen) atoms. The van der Waals surface area contributed by atoms with Crippen molar-refractivity contribution in [1.82, 2.24) is 4.90 Å². The maximum atomic E-state index is 12.3. The van der Waals surface area contributed by atoms with Gasteiger partial charge in [0.1, 0.15) is 11.6 Å². The smallest absolute Gasteiger partial charge is 0.411 e. The maximum absolute atomic E-state index is 12.3. The fourth-order valence-corrected chi connectivity index (χ4v) is 2.52. The molecule has 0 aromatic heterocycles. The number of carbonyl (C=O) groups excluding carboxylic acids is 2. The van der Waals surface area contributed by atoms with E-state index in [-0.39, 0.29) is 11.8 Å². The van der Waals surface area contributed by atoms with Gasteiger partial charge in [-0.2, -0.15) is 0 Å². The van der Waals surface area contributed by atoms with Crippen LogP contribution in [0.1, 0.15) is 37.9 Å². The number of Topliss-reactive ketones (excluding diaryl/α,β-unsaturated/α-hetero) is 1. The van der Waals surface area contributed by atoms with E-state index in [9.17, 15) is 9.59 Å². The Morgan fingerprint density at radius 1 is 1.35 bits per heavy atom. The molecule has 4 nitrogen and oxygen atoms in total. The predicted octanol–water partition coefficient (Wildman–Crippen LogP) is 2.63. The lowest BCUT2D eigenvalue weighted by Crippen LogP contribution is -2.38. The van der Waals surface area contributed by atoms with Crippen LogP contribution in [0, 0.1) is 0 Å². The molecule has 0 saturated heterocycles. The third-order valence-corrected chi connectivity index (χ3v) is 3.46. The summed E-state index contributed by atoms with van der Waals surface area (Å²) in [5, 5.41) is 0. The highest BCUT2D eigenvalue weighted by Crippen LogP contribution is 2.35. The molecule has 1 unspecified atom stereocenters. The fourth-order valence-electron chi connectivity index (χ4n) is 2.32. The maximum Gasteiger partial charge on any atom is 0.411 e. The Morgan fingerprint density at radius 3 is 2.60 bits per heavy atom. The average Bonchev–Trinajstić information content (AvgIpc) is 2.75. The second-order valence-corrected chi connectivity index (χ2v) is 6.21. The van der Waals surface area contributed by atoms with Crippen molar-refractivity contribution in [3.8, 4) is 0 Å². The van der Waals surface area contributed by atoms with Gasteiger partial charge in [-0.25, -0.2) is 4.79 Å². The highest BCUT2D eigenvalue weighted by Gasteiger charge is 2.39. The van der Waals surface area contributed by atoms with E-state index in [0.29, 0.717) is 6.54 Å². The summed E-state index contributed by atoms with van der Waals surface area (Å²) in [5.74, 6) is -0.0440. The Bertz CT molecular complexity index is 536. The summed E-state index contributed by atoms with van der Waals surface area (Å²) < 4.78 is 5.40. The van der Waals surface area contributed by atoms with Crippen molar-refractivity contribution in [2.75, 3.05) is 0 Å². The molecule has 3 radical (unpaired) electrons. The van der Waals surface area contributed by atoms with E-state index < -0.39 is 17.7 Å². The van der Waals surface area contributed by atoms with E-state index in [1.54, 1.807) is 0 Å². The molecule has 1 aliphatic heterocycles. The first-order chi connectivity index (χ1) is 9.33. The summed E-state index contributed by atoms with van der Waals surface area (Å²) in [7, 11) is 3.24. The Kier molecular flexibility index (Phi) is 3.99. The summed E-state index contributed by atoms with van der Waals surface area (Å²) in [6.45, 7) is 5.85. The van der Waals surface area contributed by atoms with Crippen molar-refractivity contribution in [3.05, 3.63) is 35.4 Å². The van der Waals surface area contributed by atoms with E-state index in [1.807, 2.05) is 45.0 Å². The standard InChI is InChI=1S/C15H18NO3Si/c1-15(2,3)19-14(18)16-8-10-6-4-5-7-11(10)13(16)12(17)9-20/h4-7,13H,8-9H2,1-3H3. The van der Waals surface area contributed by atoms with Crippen LogP contribution in [0.4, 0.5) is 4.79 Å². The number of carbonyl (C=O) groups is 2. The quantitative estimate of drug-likeness (QED) is 0.786. The Labute approximate surface area is 122 Å². The van der Waals surface area contributed by atoms with Gasteiger partial charge >= 0.3 is 6.09 Å². The highest BCUT2D eigenvalue weighted by atomic mass is 28.1. The number of benzene rings is 1. The minimum absolute atomic E-state index is 0.0440. The van der Waals surface area contributed by atoms with Gasteiger partial charge < -0.3 is 4.74 Å². The average molecular weight is 288 g/mol. The van der Waals surface area contributed by atoms with Crippen LogP contribution in [0.15, 0.2) is 24.3 Å². The van der Waals surface area contributed by atoms with Crippen LogP contribution in [0.3, 0.4) is 0 Å². The molecular weight excluding hydrogens is 270 g/mol. The van der Waals surface area contributed by atoms with Gasteiger partial charge in [-0.05, 0) is 37.9 Å². The van der Waals surface area contributed by atoms with Gasteiger partial charge in [-0.15, -0.1) is 0 Å². The summed E-state index contributed by atoms with van der Waals surface area (Å²) in [4.78, 5) is 26.0. The molecule has 0 spiro atoms. The third-order valence-electron chi connectivity index (χ3n) is 3.11. The van der Waals surface area contributed by atoms with Gasteiger partial charge in [0.25, 0.3) is 0 Å². The largest absolute Gasteiger partial charge is 0.444 e. The first-order valence-corrected chi connectivity index (χ1v) is 7.29. The number of rotatable bonds is 2. The molecule has 0 fully saturated rings. The molecule has 1 aliphatic rings. The van der Waals surface area contributed by atoms with E-state index >= 15 is 0 Å². The van der Waals surface area contributed by atoms with Gasteiger partial charge in [-0.1, -0.05) is 24.3 Å². The Hall–Kier alpha value is -1.62. The lowest BCUT2D eigenvalue weighted by Gasteiger charge is -2.28. The van der Waals surface area contributed by atoms with Crippen molar-refractivity contribution in [2.45, 2.75) is 45.0 Å². The summed E-state index contributed by atoms with van der Waals surface area (Å²) >= 11 is 0. The van der Waals surface area contributed by atoms with E-state index in [4.69, 9.17) is 4.74 Å². The van der Waals surface area contributed by atoms with Crippen molar-refractivity contribution >= 4 is 22.1 Å². The van der Waals surface area contributed by atoms with Crippen molar-refractivity contribution in [3.63, 3.8) is 0 Å². The zero-order valence-corrected chi connectivity index (χ0v) is 13.0. The Balaban J connectivity index is 2.31. The van der Waals surface area contributed by atoms with E-state index in [1.165, 1.54) is 4.90 Å². The van der Waals surface area contributed by atoms with Crippen molar-refractivity contribution in [1.29, 1.82) is 0 Å². The number of amides is 1. The van der Waals surface area contributed by atoms with Gasteiger partial charge in [0.05, 0.1) is 6.54 Å². The SMILES string of the molecule is CC(C)(C)OC(=O)N1Cc2ccccc2C1C(=O)C[Si]. The molecule has 2 rings (SSSR count). The lowest BCUT2D eigenvalue weighted by atomic mass is 10.0. The van der Waals surface area contributed by atoms with Crippen molar-refractivity contribution < 1.29 is 14.3 Å². The first-order valence-electron chi connectivity index (χ1n) is 6.58. The second kappa shape index (κ2) is 5.40. The number of hydrogen-bond acceptors (Lipinski definition) is 3. The number of ether oxygens (including phenoxy) is 1. The summed E-state index contributed by atoms with van der Waals surface area (Å²) in [6.07, 6.45) is -0.452. The van der Waals surface area contributed by atoms with Crippen LogP contribution < -0.4 is 0 Å². The van der Waals surface area contributed by atoms with Crippen LogP contribution in [0.2, 0.25) is 6.04 Å². The van der Waals surface area contributed by atoms with Crippen LogP contribution in [0.25, 0.3) is 0 Å². The molecule has 1 atom stereocenters. The van der Waals surface area contributed by atoms with Crippen molar-refractivity contribution in [2.24, 2.45) is 0 Å². The summed E-state index contributed by atoms with van der Waals surface area (Å²) in [6, 6.07) is 7.27. The van der Waals surface area contributed by atoms with Gasteiger partial charge in [0.2, 0.25) is 0 Å². The van der Waals surface area contributed by atoms with Crippen LogP contribution in [-0.4, -0.2) is 32.6 Å². The zero-order valence-electron chi connectivity index (χ0n) is 12.0. The zero-order chi connectivity index (χ0) is 14.9. The van der Waals surface area contributed by atoms with Crippen LogP contribution in [0.5, 0.6) is 0 Å². The number of fused-ring (bicyclic) bond motifs is 1.